The van der Waals surface area contributed by atoms with E-state index in [1.165, 1.54) is 70.6 Å². The van der Waals surface area contributed by atoms with Gasteiger partial charge in [-0.05, 0) is 6.42 Å². The molecule has 26 heavy (non-hydrogen) atoms. The molecule has 1 atom stereocenters. The van der Waals surface area contributed by atoms with Gasteiger partial charge in [-0.15, -0.1) is 0 Å². The SMILES string of the molecule is CCCCCCCCCCCCCCCC(=O)N[N+](C)(C)CC(O)CO. The van der Waals surface area contributed by atoms with Crippen molar-refractivity contribution < 1.29 is 19.6 Å². The van der Waals surface area contributed by atoms with Crippen molar-refractivity contribution in [3.8, 4) is 0 Å². The smallest absolute Gasteiger partial charge is 0.264 e. The fraction of sp³-hybridized carbons (Fsp3) is 0.952. The Bertz CT molecular complexity index is 335. The molecule has 0 heterocycles. The van der Waals surface area contributed by atoms with E-state index in [2.05, 4.69) is 12.3 Å². The summed E-state index contributed by atoms with van der Waals surface area (Å²) in [5, 5.41) is 18.4. The Morgan fingerprint density at radius 3 is 1.69 bits per heavy atom. The Balaban J connectivity index is 3.43. The number of unbranched alkanes of at least 4 members (excludes halogenated alkanes) is 12. The summed E-state index contributed by atoms with van der Waals surface area (Å²) in [6.45, 7) is 2.29. The Hall–Kier alpha value is -0.650. The first-order valence-electron chi connectivity index (χ1n) is 10.8. The van der Waals surface area contributed by atoms with Crippen LogP contribution in [0.4, 0.5) is 0 Å². The van der Waals surface area contributed by atoms with E-state index in [0.29, 0.717) is 13.0 Å². The molecule has 0 aliphatic heterocycles. The average molecular weight is 374 g/mol. The normalized spacial score (nSPS) is 13.0. The third kappa shape index (κ3) is 16.8. The van der Waals surface area contributed by atoms with Crippen LogP contribution in [-0.2, 0) is 4.79 Å². The molecule has 0 fully saturated rings. The molecule has 0 bridgehead atoms. The van der Waals surface area contributed by atoms with Crippen LogP contribution in [0.25, 0.3) is 0 Å². The molecule has 1 amide bonds. The Kier molecular flexibility index (Phi) is 16.1. The number of aliphatic hydroxyl groups is 2. The predicted molar refractivity (Wildman–Crippen MR) is 109 cm³/mol. The van der Waals surface area contributed by atoms with E-state index in [1.807, 2.05) is 14.1 Å². The second kappa shape index (κ2) is 16.5. The summed E-state index contributed by atoms with van der Waals surface area (Å²) in [6.07, 6.45) is 16.6. The summed E-state index contributed by atoms with van der Waals surface area (Å²) >= 11 is 0. The van der Waals surface area contributed by atoms with Gasteiger partial charge in [0.2, 0.25) is 0 Å². The summed E-state index contributed by atoms with van der Waals surface area (Å²) in [6, 6.07) is 0. The van der Waals surface area contributed by atoms with Crippen LogP contribution in [0.3, 0.4) is 0 Å². The highest BCUT2D eigenvalue weighted by molar-refractivity contribution is 5.74. The molecule has 5 heteroatoms. The number of quaternary nitrogens is 1. The van der Waals surface area contributed by atoms with Gasteiger partial charge < -0.3 is 10.2 Å². The lowest BCUT2D eigenvalue weighted by Crippen LogP contribution is -2.57. The van der Waals surface area contributed by atoms with Gasteiger partial charge >= 0.3 is 0 Å². The number of likely N-dealkylation sites (N-methyl/N-ethyl adjacent to an activating group) is 1. The summed E-state index contributed by atoms with van der Waals surface area (Å²) in [4.78, 5) is 12.0. The van der Waals surface area contributed by atoms with Crippen LogP contribution in [0.1, 0.15) is 96.8 Å². The van der Waals surface area contributed by atoms with Gasteiger partial charge in [-0.1, -0.05) is 84.0 Å². The maximum absolute atomic E-state index is 12.0. The van der Waals surface area contributed by atoms with Crippen molar-refractivity contribution >= 4 is 5.91 Å². The molecule has 0 spiro atoms. The monoisotopic (exact) mass is 373 g/mol. The molecule has 0 rings (SSSR count). The van der Waals surface area contributed by atoms with Crippen molar-refractivity contribution in [3.63, 3.8) is 0 Å². The molecular weight excluding hydrogens is 328 g/mol. The molecule has 156 valence electrons. The van der Waals surface area contributed by atoms with Crippen molar-refractivity contribution in [2.24, 2.45) is 0 Å². The van der Waals surface area contributed by atoms with E-state index < -0.39 is 6.10 Å². The van der Waals surface area contributed by atoms with E-state index in [1.54, 1.807) is 0 Å². The Morgan fingerprint density at radius 2 is 1.27 bits per heavy atom. The highest BCUT2D eigenvalue weighted by Crippen LogP contribution is 2.13. The minimum absolute atomic E-state index is 0.0169. The first kappa shape index (κ1) is 25.4. The molecule has 1 unspecified atom stereocenters. The molecule has 0 radical (unpaired) electrons. The van der Waals surface area contributed by atoms with Crippen molar-refractivity contribution in [1.29, 1.82) is 0 Å². The van der Waals surface area contributed by atoms with Gasteiger partial charge in [0.25, 0.3) is 5.91 Å². The molecule has 0 aromatic heterocycles. The number of hydrogen-bond donors (Lipinski definition) is 3. The standard InChI is InChI=1S/C21H44N2O3/c1-4-5-6-7-8-9-10-11-12-13-14-15-16-17-21(26)22-23(2,3)18-20(25)19-24/h20,24-25H,4-19H2,1-3H3/p+1. The summed E-state index contributed by atoms with van der Waals surface area (Å²) in [5.41, 5.74) is 2.89. The number of carbonyl (C=O) groups excluding carboxylic acids is 1. The van der Waals surface area contributed by atoms with Crippen LogP contribution in [0, 0.1) is 0 Å². The lowest BCUT2D eigenvalue weighted by Gasteiger charge is -2.30. The van der Waals surface area contributed by atoms with Gasteiger partial charge in [0.15, 0.2) is 0 Å². The van der Waals surface area contributed by atoms with Crippen LogP contribution in [-0.4, -0.2) is 54.1 Å². The lowest BCUT2D eigenvalue weighted by atomic mass is 10.0. The van der Waals surface area contributed by atoms with Crippen LogP contribution < -0.4 is 5.43 Å². The first-order valence-corrected chi connectivity index (χ1v) is 10.8. The van der Waals surface area contributed by atoms with E-state index in [4.69, 9.17) is 5.11 Å². The van der Waals surface area contributed by atoms with Crippen molar-refractivity contribution in [2.45, 2.75) is 103 Å². The summed E-state index contributed by atoms with van der Waals surface area (Å²) < 4.78 is 0.193. The molecule has 3 N–H and O–H groups in total. The highest BCUT2D eigenvalue weighted by Gasteiger charge is 2.22. The largest absolute Gasteiger partial charge is 0.393 e. The first-order chi connectivity index (χ1) is 12.4. The fourth-order valence-electron chi connectivity index (χ4n) is 3.33. The highest BCUT2D eigenvalue weighted by atomic mass is 16.3. The molecule has 5 nitrogen and oxygen atoms in total. The Morgan fingerprint density at radius 1 is 0.846 bits per heavy atom. The van der Waals surface area contributed by atoms with E-state index >= 15 is 0 Å². The Labute approximate surface area is 161 Å². The number of aliphatic hydroxyl groups excluding tert-OH is 2. The topological polar surface area (TPSA) is 69.6 Å². The number of carbonyl (C=O) groups is 1. The predicted octanol–water partition coefficient (Wildman–Crippen LogP) is 3.93. The zero-order valence-electron chi connectivity index (χ0n) is 17.6. The quantitative estimate of drug-likeness (QED) is 0.194. The molecular formula is C21H45N2O3+. The molecule has 0 aromatic rings. The van der Waals surface area contributed by atoms with Gasteiger partial charge in [0, 0.05) is 6.42 Å². The third-order valence-electron chi connectivity index (χ3n) is 4.81. The van der Waals surface area contributed by atoms with E-state index in [0.717, 1.165) is 12.8 Å². The molecule has 0 saturated carbocycles. The maximum atomic E-state index is 12.0. The zero-order valence-corrected chi connectivity index (χ0v) is 17.6. The lowest BCUT2D eigenvalue weighted by molar-refractivity contribution is -0.928. The van der Waals surface area contributed by atoms with Gasteiger partial charge in [0.1, 0.15) is 12.6 Å². The van der Waals surface area contributed by atoms with Crippen LogP contribution in [0.5, 0.6) is 0 Å². The summed E-state index contributed by atoms with van der Waals surface area (Å²) in [7, 11) is 3.64. The van der Waals surface area contributed by atoms with Crippen molar-refractivity contribution in [1.82, 2.24) is 5.43 Å². The van der Waals surface area contributed by atoms with Gasteiger partial charge in [-0.25, -0.2) is 10.0 Å². The minimum Gasteiger partial charge on any atom is -0.393 e. The average Bonchev–Trinajstić information content (AvgIpc) is 2.58. The minimum atomic E-state index is -0.804. The van der Waals surface area contributed by atoms with Gasteiger partial charge in [-0.3, -0.25) is 4.79 Å². The molecule has 0 aromatic carbocycles. The molecule has 0 aliphatic rings. The second-order valence-corrected chi connectivity index (χ2v) is 8.23. The van der Waals surface area contributed by atoms with Crippen LogP contribution in [0.2, 0.25) is 0 Å². The number of rotatable bonds is 18. The number of hydrogen-bond acceptors (Lipinski definition) is 3. The molecule has 0 saturated heterocycles. The van der Waals surface area contributed by atoms with Crippen LogP contribution >= 0.6 is 0 Å². The fourth-order valence-corrected chi connectivity index (χ4v) is 3.33. The number of nitrogens with zero attached hydrogens (tertiary/aromatic N) is 1. The van der Waals surface area contributed by atoms with Gasteiger partial charge in [-0.2, -0.15) is 0 Å². The number of amides is 1. The third-order valence-corrected chi connectivity index (χ3v) is 4.81. The number of nitrogens with one attached hydrogen (secondary N) is 1. The molecule has 0 aliphatic carbocycles. The summed E-state index contributed by atoms with van der Waals surface area (Å²) in [5.74, 6) is 0.0169. The van der Waals surface area contributed by atoms with Crippen molar-refractivity contribution in [2.75, 3.05) is 27.2 Å². The maximum Gasteiger partial charge on any atom is 0.264 e. The second-order valence-electron chi connectivity index (χ2n) is 8.23. The van der Waals surface area contributed by atoms with Crippen molar-refractivity contribution in [3.05, 3.63) is 0 Å². The van der Waals surface area contributed by atoms with E-state index in [9.17, 15) is 9.90 Å². The van der Waals surface area contributed by atoms with E-state index in [-0.39, 0.29) is 17.1 Å². The van der Waals surface area contributed by atoms with Gasteiger partial charge in [0.05, 0.1) is 20.7 Å². The zero-order chi connectivity index (χ0) is 19.7. The van der Waals surface area contributed by atoms with Crippen LogP contribution in [0.15, 0.2) is 0 Å².